The van der Waals surface area contributed by atoms with Crippen LogP contribution in [0.2, 0.25) is 0 Å². The minimum atomic E-state index is -0.802. The fourth-order valence-electron chi connectivity index (χ4n) is 7.46. The van der Waals surface area contributed by atoms with Crippen LogP contribution in [0, 0.1) is 0 Å². The monoisotopic (exact) mass is 957 g/mol. The molecule has 0 saturated heterocycles. The molecule has 0 heterocycles. The van der Waals surface area contributed by atoms with E-state index >= 15 is 0 Å². The highest BCUT2D eigenvalue weighted by Crippen LogP contribution is 2.13. The number of esters is 3. The topological polar surface area (TPSA) is 78.9 Å². The zero-order valence-electron chi connectivity index (χ0n) is 44.8. The van der Waals surface area contributed by atoms with E-state index in [0.29, 0.717) is 19.3 Å². The number of carbonyl (C=O) groups excluding carboxylic acids is 3. The van der Waals surface area contributed by atoms with Crippen LogP contribution in [0.5, 0.6) is 0 Å². The molecule has 0 radical (unpaired) electrons. The maximum absolute atomic E-state index is 12.8. The maximum atomic E-state index is 12.8. The van der Waals surface area contributed by atoms with Crippen molar-refractivity contribution in [3.05, 3.63) is 109 Å². The van der Waals surface area contributed by atoms with Gasteiger partial charge in [-0.05, 0) is 122 Å². The number of hydrogen-bond donors (Lipinski definition) is 0. The molecule has 0 rings (SSSR count). The quantitative estimate of drug-likeness (QED) is 0.0262. The second-order valence-corrected chi connectivity index (χ2v) is 18.5. The molecule has 6 heteroatoms. The van der Waals surface area contributed by atoms with E-state index in [1.54, 1.807) is 0 Å². The van der Waals surface area contributed by atoms with Crippen molar-refractivity contribution in [1.29, 1.82) is 0 Å². The van der Waals surface area contributed by atoms with E-state index < -0.39 is 6.10 Å². The highest BCUT2D eigenvalue weighted by atomic mass is 16.6. The second kappa shape index (κ2) is 56.7. The molecule has 392 valence electrons. The van der Waals surface area contributed by atoms with Crippen molar-refractivity contribution in [2.45, 2.75) is 258 Å². The number of rotatable bonds is 50. The summed E-state index contributed by atoms with van der Waals surface area (Å²) in [5, 5.41) is 0. The molecule has 0 bridgehead atoms. The number of unbranched alkanes of at least 4 members (excludes halogenated alkanes) is 21. The third-order valence-corrected chi connectivity index (χ3v) is 11.7. The van der Waals surface area contributed by atoms with Crippen LogP contribution < -0.4 is 0 Å². The summed E-state index contributed by atoms with van der Waals surface area (Å²) >= 11 is 0. The van der Waals surface area contributed by atoms with Crippen LogP contribution >= 0.6 is 0 Å². The van der Waals surface area contributed by atoms with Crippen LogP contribution in [-0.4, -0.2) is 37.2 Å². The summed E-state index contributed by atoms with van der Waals surface area (Å²) in [6.45, 7) is 6.43. The molecule has 0 saturated carbocycles. The molecule has 69 heavy (non-hydrogen) atoms. The van der Waals surface area contributed by atoms with Gasteiger partial charge in [-0.3, -0.25) is 14.4 Å². The molecule has 6 nitrogen and oxygen atoms in total. The average Bonchev–Trinajstić information content (AvgIpc) is 3.35. The van der Waals surface area contributed by atoms with Gasteiger partial charge in [0.25, 0.3) is 0 Å². The Balaban J connectivity index is 4.46. The van der Waals surface area contributed by atoms with Crippen LogP contribution in [0.1, 0.15) is 252 Å². The lowest BCUT2D eigenvalue weighted by atomic mass is 10.1. The van der Waals surface area contributed by atoms with E-state index in [4.69, 9.17) is 14.2 Å². The molecule has 0 aliphatic carbocycles. The SMILES string of the molecule is CC/C=C\C/C=C\C/C=C\C/C=C\C/C=C\CCCCCCCC(=O)OCC(COC(=O)CCCCCCC/C=C\C/C=C\CCCC)OC(=O)CCCCCCC/C=C\C/C=C\CCCCCC. The van der Waals surface area contributed by atoms with E-state index in [2.05, 4.69) is 130 Å². The lowest BCUT2D eigenvalue weighted by molar-refractivity contribution is -0.167. The number of hydrogen-bond acceptors (Lipinski definition) is 6. The lowest BCUT2D eigenvalue weighted by Gasteiger charge is -2.18. The van der Waals surface area contributed by atoms with Gasteiger partial charge in [0, 0.05) is 19.3 Å². The van der Waals surface area contributed by atoms with Crippen LogP contribution in [0.15, 0.2) is 109 Å². The van der Waals surface area contributed by atoms with E-state index in [-0.39, 0.29) is 31.1 Å². The smallest absolute Gasteiger partial charge is 0.306 e. The number of ether oxygens (including phenoxy) is 3. The summed E-state index contributed by atoms with van der Waals surface area (Å²) < 4.78 is 16.8. The molecule has 0 fully saturated rings. The van der Waals surface area contributed by atoms with Crippen molar-refractivity contribution in [2.24, 2.45) is 0 Å². The molecule has 0 aromatic rings. The van der Waals surface area contributed by atoms with Gasteiger partial charge in [0.05, 0.1) is 0 Å². The lowest BCUT2D eigenvalue weighted by Crippen LogP contribution is -2.30. The maximum Gasteiger partial charge on any atom is 0.306 e. The van der Waals surface area contributed by atoms with Crippen molar-refractivity contribution < 1.29 is 28.6 Å². The summed E-state index contributed by atoms with van der Waals surface area (Å²) in [6.07, 6.45) is 76.4. The predicted molar refractivity (Wildman–Crippen MR) is 297 cm³/mol. The molecule has 0 N–H and O–H groups in total. The first-order chi connectivity index (χ1) is 34.0. The van der Waals surface area contributed by atoms with E-state index in [1.807, 2.05) is 0 Å². The second-order valence-electron chi connectivity index (χ2n) is 18.5. The summed E-state index contributed by atoms with van der Waals surface area (Å²) in [5.41, 5.74) is 0. The molecule has 0 aliphatic heterocycles. The molecular formula is C63H104O6. The largest absolute Gasteiger partial charge is 0.462 e. The van der Waals surface area contributed by atoms with Crippen LogP contribution in [-0.2, 0) is 28.6 Å². The standard InChI is InChI=1S/C63H104O6/c1-4-7-10-13-16-19-22-25-28-30-31-32-33-34-36-38-41-44-47-50-53-56-62(65)68-59-60(58-67-61(64)55-52-49-46-43-40-37-27-24-21-18-15-12-9-6-3)69-63(66)57-54-51-48-45-42-39-35-29-26-23-20-17-14-11-8-5-2/h7,10,15-16,18-20,23-25,27-29,31-32,34-36,60H,4-6,8-9,11-14,17,21-22,26,30,33,37-59H2,1-3H3/b10-7-,18-15-,19-16-,23-20-,27-24-,28-25-,32-31-,35-29-,36-34-. The Morgan fingerprint density at radius 1 is 0.304 bits per heavy atom. The summed E-state index contributed by atoms with van der Waals surface area (Å²) in [4.78, 5) is 38.1. The van der Waals surface area contributed by atoms with Crippen molar-refractivity contribution in [3.63, 3.8) is 0 Å². The fourth-order valence-corrected chi connectivity index (χ4v) is 7.46. The highest BCUT2D eigenvalue weighted by Gasteiger charge is 2.19. The Morgan fingerprint density at radius 2 is 0.580 bits per heavy atom. The molecule has 1 unspecified atom stereocenters. The first-order valence-electron chi connectivity index (χ1n) is 28.4. The van der Waals surface area contributed by atoms with Crippen molar-refractivity contribution >= 4 is 17.9 Å². The van der Waals surface area contributed by atoms with E-state index in [9.17, 15) is 14.4 Å². The third kappa shape index (κ3) is 54.9. The van der Waals surface area contributed by atoms with Crippen LogP contribution in [0.4, 0.5) is 0 Å². The zero-order chi connectivity index (χ0) is 50.0. The molecule has 0 aliphatic rings. The van der Waals surface area contributed by atoms with Crippen LogP contribution in [0.25, 0.3) is 0 Å². The number of allylic oxidation sites excluding steroid dienone is 18. The molecule has 0 aromatic heterocycles. The fraction of sp³-hybridized carbons (Fsp3) is 0.667. The Hall–Kier alpha value is -3.93. The molecule has 0 amide bonds. The van der Waals surface area contributed by atoms with Gasteiger partial charge < -0.3 is 14.2 Å². The summed E-state index contributed by atoms with van der Waals surface area (Å²) in [7, 11) is 0. The number of carbonyl (C=O) groups is 3. The van der Waals surface area contributed by atoms with Gasteiger partial charge in [0.1, 0.15) is 13.2 Å². The van der Waals surface area contributed by atoms with E-state index in [0.717, 1.165) is 161 Å². The van der Waals surface area contributed by atoms with Gasteiger partial charge in [0.2, 0.25) is 0 Å². The first-order valence-corrected chi connectivity index (χ1v) is 28.4. The van der Waals surface area contributed by atoms with Crippen molar-refractivity contribution in [2.75, 3.05) is 13.2 Å². The third-order valence-electron chi connectivity index (χ3n) is 11.7. The van der Waals surface area contributed by atoms with Gasteiger partial charge in [-0.2, -0.15) is 0 Å². The summed E-state index contributed by atoms with van der Waals surface area (Å²) in [5.74, 6) is -0.945. The van der Waals surface area contributed by atoms with Gasteiger partial charge in [0.15, 0.2) is 6.10 Å². The Labute approximate surface area is 425 Å². The highest BCUT2D eigenvalue weighted by molar-refractivity contribution is 5.71. The zero-order valence-corrected chi connectivity index (χ0v) is 44.8. The normalized spacial score (nSPS) is 12.9. The minimum absolute atomic E-state index is 0.0991. The summed E-state index contributed by atoms with van der Waals surface area (Å²) in [6, 6.07) is 0. The first kappa shape index (κ1) is 65.1. The molecular weight excluding hydrogens is 853 g/mol. The van der Waals surface area contributed by atoms with Gasteiger partial charge >= 0.3 is 17.9 Å². The Morgan fingerprint density at radius 3 is 0.928 bits per heavy atom. The van der Waals surface area contributed by atoms with Crippen molar-refractivity contribution in [1.82, 2.24) is 0 Å². The van der Waals surface area contributed by atoms with Crippen molar-refractivity contribution in [3.8, 4) is 0 Å². The van der Waals surface area contributed by atoms with Gasteiger partial charge in [-0.25, -0.2) is 0 Å². The Bertz CT molecular complexity index is 1420. The predicted octanol–water partition coefficient (Wildman–Crippen LogP) is 19.1. The van der Waals surface area contributed by atoms with E-state index in [1.165, 1.54) is 51.4 Å². The molecule has 1 atom stereocenters. The molecule has 0 spiro atoms. The van der Waals surface area contributed by atoms with Gasteiger partial charge in [-0.15, -0.1) is 0 Å². The minimum Gasteiger partial charge on any atom is -0.462 e. The average molecular weight is 958 g/mol. The van der Waals surface area contributed by atoms with Crippen LogP contribution in [0.3, 0.4) is 0 Å². The Kier molecular flexibility index (Phi) is 53.4. The van der Waals surface area contributed by atoms with Gasteiger partial charge in [-0.1, -0.05) is 220 Å². The molecule has 0 aromatic carbocycles.